The Morgan fingerprint density at radius 1 is 1.35 bits per heavy atom. The Labute approximate surface area is 174 Å². The molecule has 2 rings (SSSR count). The van der Waals surface area contributed by atoms with Gasteiger partial charge in [0.25, 0.3) is 0 Å². The topological polar surface area (TPSA) is 95.7 Å². The minimum absolute atomic E-state index is 0. The molecule has 2 aromatic rings. The third-order valence-corrected chi connectivity index (χ3v) is 3.41. The minimum atomic E-state index is -0.0850. The van der Waals surface area contributed by atoms with Crippen molar-refractivity contribution in [1.29, 1.82) is 0 Å². The number of carbonyl (C=O) groups excluding carboxylic acids is 1. The molecule has 1 amide bonds. The Kier molecular flexibility index (Phi) is 9.35. The molecule has 0 aliphatic rings. The molecule has 0 fully saturated rings. The van der Waals surface area contributed by atoms with Crippen LogP contribution in [0.5, 0.6) is 0 Å². The molecule has 26 heavy (non-hydrogen) atoms. The Balaban J connectivity index is 0.00000338. The highest BCUT2D eigenvalue weighted by Crippen LogP contribution is 2.19. The van der Waals surface area contributed by atoms with E-state index in [9.17, 15) is 4.79 Å². The van der Waals surface area contributed by atoms with Crippen molar-refractivity contribution in [1.82, 2.24) is 25.7 Å². The summed E-state index contributed by atoms with van der Waals surface area (Å²) in [5.74, 6) is 1.28. The van der Waals surface area contributed by atoms with Gasteiger partial charge in [0.2, 0.25) is 17.6 Å². The molecule has 0 atom stereocenters. The zero-order valence-electron chi connectivity index (χ0n) is 14.8. The van der Waals surface area contributed by atoms with E-state index in [1.807, 2.05) is 19.1 Å². The van der Waals surface area contributed by atoms with Gasteiger partial charge in [-0.2, -0.15) is 4.98 Å². The summed E-state index contributed by atoms with van der Waals surface area (Å²) in [5, 5.41) is 10.7. The predicted octanol–water partition coefficient (Wildman–Crippen LogP) is 2.15. The summed E-state index contributed by atoms with van der Waals surface area (Å²) in [4.78, 5) is 21.7. The largest absolute Gasteiger partial charge is 0.357 e. The third-order valence-electron chi connectivity index (χ3n) is 3.17. The highest BCUT2D eigenvalue weighted by Gasteiger charge is 2.10. The number of aliphatic imine (C=N–C) groups is 1. The molecule has 1 aromatic carbocycles. The maximum atomic E-state index is 11.6. The van der Waals surface area contributed by atoms with Crippen molar-refractivity contribution in [3.63, 3.8) is 0 Å². The van der Waals surface area contributed by atoms with Crippen molar-refractivity contribution < 1.29 is 9.32 Å². The highest BCUT2D eigenvalue weighted by molar-refractivity contribution is 14.0. The number of aromatic nitrogens is 2. The predicted molar refractivity (Wildman–Crippen MR) is 112 cm³/mol. The lowest BCUT2D eigenvalue weighted by atomic mass is 10.2. The van der Waals surface area contributed by atoms with Crippen molar-refractivity contribution in [2.75, 3.05) is 27.2 Å². The average molecular weight is 493 g/mol. The van der Waals surface area contributed by atoms with E-state index in [2.05, 4.69) is 25.8 Å². The molecule has 0 radical (unpaired) electrons. The number of benzene rings is 1. The standard InChI is InChI=1S/C16H21ClN6O2.HI/c1-4-18-16(20-10-14(24)23(2)3)19-9-13-21-15(22-25-13)11-6-5-7-12(17)8-11;/h5-8H,4,9-10H2,1-3H3,(H2,18,19,20);1H. The van der Waals surface area contributed by atoms with Crippen LogP contribution in [0.4, 0.5) is 0 Å². The number of nitrogens with one attached hydrogen (secondary N) is 2. The molecule has 0 unspecified atom stereocenters. The molecule has 2 N–H and O–H groups in total. The molecule has 0 aliphatic carbocycles. The van der Waals surface area contributed by atoms with Crippen LogP contribution in [0.15, 0.2) is 33.8 Å². The first-order chi connectivity index (χ1) is 12.0. The van der Waals surface area contributed by atoms with E-state index in [0.717, 1.165) is 5.56 Å². The Hall–Kier alpha value is -1.88. The van der Waals surface area contributed by atoms with E-state index >= 15 is 0 Å². The molecule has 1 aromatic heterocycles. The minimum Gasteiger partial charge on any atom is -0.357 e. The molecule has 0 saturated heterocycles. The molecule has 10 heteroatoms. The van der Waals surface area contributed by atoms with Crippen LogP contribution >= 0.6 is 35.6 Å². The molecular formula is C16H22ClIN6O2. The second-order valence-electron chi connectivity index (χ2n) is 5.36. The van der Waals surface area contributed by atoms with Gasteiger partial charge in [0.05, 0.1) is 6.54 Å². The van der Waals surface area contributed by atoms with Gasteiger partial charge in [0.1, 0.15) is 6.54 Å². The molecule has 0 bridgehead atoms. The number of amides is 1. The number of nitrogens with zero attached hydrogens (tertiary/aromatic N) is 4. The van der Waals surface area contributed by atoms with E-state index < -0.39 is 0 Å². The zero-order chi connectivity index (χ0) is 18.2. The molecule has 0 aliphatic heterocycles. The number of hydrogen-bond donors (Lipinski definition) is 2. The highest BCUT2D eigenvalue weighted by atomic mass is 127. The molecular weight excluding hydrogens is 471 g/mol. The van der Waals surface area contributed by atoms with Gasteiger partial charge in [-0.15, -0.1) is 24.0 Å². The summed E-state index contributed by atoms with van der Waals surface area (Å²) in [5.41, 5.74) is 0.777. The maximum Gasteiger partial charge on any atom is 0.246 e. The zero-order valence-corrected chi connectivity index (χ0v) is 17.9. The molecule has 142 valence electrons. The van der Waals surface area contributed by atoms with Gasteiger partial charge in [0.15, 0.2) is 5.96 Å². The first kappa shape index (κ1) is 22.2. The van der Waals surface area contributed by atoms with Gasteiger partial charge in [-0.05, 0) is 19.1 Å². The van der Waals surface area contributed by atoms with Gasteiger partial charge in [0, 0.05) is 31.2 Å². The number of hydrogen-bond acceptors (Lipinski definition) is 5. The summed E-state index contributed by atoms with van der Waals surface area (Å²) < 4.78 is 5.23. The second-order valence-corrected chi connectivity index (χ2v) is 5.80. The van der Waals surface area contributed by atoms with E-state index in [1.165, 1.54) is 4.90 Å². The van der Waals surface area contributed by atoms with Crippen LogP contribution in [0.2, 0.25) is 5.02 Å². The number of carbonyl (C=O) groups is 1. The fraction of sp³-hybridized carbons (Fsp3) is 0.375. The van der Waals surface area contributed by atoms with Gasteiger partial charge in [-0.1, -0.05) is 28.9 Å². The molecule has 1 heterocycles. The number of rotatable bonds is 6. The van der Waals surface area contributed by atoms with Gasteiger partial charge < -0.3 is 20.1 Å². The number of halogens is 2. The van der Waals surface area contributed by atoms with Crippen LogP contribution in [-0.4, -0.2) is 54.1 Å². The van der Waals surface area contributed by atoms with Crippen molar-refractivity contribution >= 4 is 47.4 Å². The summed E-state index contributed by atoms with van der Waals surface area (Å²) in [6.07, 6.45) is 0. The first-order valence-electron chi connectivity index (χ1n) is 7.80. The lowest BCUT2D eigenvalue weighted by molar-refractivity contribution is -0.127. The van der Waals surface area contributed by atoms with E-state index in [0.29, 0.717) is 29.2 Å². The van der Waals surface area contributed by atoms with Crippen molar-refractivity contribution in [2.45, 2.75) is 13.5 Å². The van der Waals surface area contributed by atoms with Crippen LogP contribution in [-0.2, 0) is 11.3 Å². The second kappa shape index (κ2) is 11.0. The fourth-order valence-corrected chi connectivity index (χ4v) is 2.05. The molecule has 0 spiro atoms. The van der Waals surface area contributed by atoms with Crippen LogP contribution in [0.25, 0.3) is 11.4 Å². The van der Waals surface area contributed by atoms with Crippen LogP contribution in [0.1, 0.15) is 12.8 Å². The normalized spacial score (nSPS) is 10.8. The van der Waals surface area contributed by atoms with Gasteiger partial charge in [-0.3, -0.25) is 4.79 Å². The number of likely N-dealkylation sites (N-methyl/N-ethyl adjacent to an activating group) is 1. The van der Waals surface area contributed by atoms with Crippen molar-refractivity contribution in [2.24, 2.45) is 4.99 Å². The summed E-state index contributed by atoms with van der Waals surface area (Å²) >= 11 is 5.97. The van der Waals surface area contributed by atoms with Gasteiger partial charge >= 0.3 is 0 Å². The Morgan fingerprint density at radius 2 is 2.12 bits per heavy atom. The first-order valence-corrected chi connectivity index (χ1v) is 8.18. The van der Waals surface area contributed by atoms with E-state index in [4.69, 9.17) is 16.1 Å². The lowest BCUT2D eigenvalue weighted by Gasteiger charge is -2.11. The monoisotopic (exact) mass is 492 g/mol. The summed E-state index contributed by atoms with van der Waals surface area (Å²) in [6.45, 7) is 2.95. The summed E-state index contributed by atoms with van der Waals surface area (Å²) in [7, 11) is 3.38. The van der Waals surface area contributed by atoms with Crippen LogP contribution in [0.3, 0.4) is 0 Å². The van der Waals surface area contributed by atoms with Gasteiger partial charge in [-0.25, -0.2) is 4.99 Å². The third kappa shape index (κ3) is 6.79. The lowest BCUT2D eigenvalue weighted by Crippen LogP contribution is -2.38. The Morgan fingerprint density at radius 3 is 2.77 bits per heavy atom. The smallest absolute Gasteiger partial charge is 0.246 e. The SMILES string of the molecule is CCNC(=NCC(=O)N(C)C)NCc1nc(-c2cccc(Cl)c2)no1.I. The van der Waals surface area contributed by atoms with Crippen molar-refractivity contribution in [3.8, 4) is 11.4 Å². The summed E-state index contributed by atoms with van der Waals surface area (Å²) in [6, 6.07) is 7.22. The van der Waals surface area contributed by atoms with Crippen molar-refractivity contribution in [3.05, 3.63) is 35.2 Å². The molecule has 0 saturated carbocycles. The van der Waals surface area contributed by atoms with Crippen LogP contribution < -0.4 is 10.6 Å². The van der Waals surface area contributed by atoms with Crippen LogP contribution in [0, 0.1) is 0 Å². The maximum absolute atomic E-state index is 11.6. The average Bonchev–Trinajstić information content (AvgIpc) is 3.06. The quantitative estimate of drug-likeness (QED) is 0.364. The molecule has 8 nitrogen and oxygen atoms in total. The number of guanidine groups is 1. The van der Waals surface area contributed by atoms with E-state index in [1.54, 1.807) is 26.2 Å². The fourth-order valence-electron chi connectivity index (χ4n) is 1.86. The van der Waals surface area contributed by atoms with E-state index in [-0.39, 0.29) is 43.0 Å². The Bertz CT molecular complexity index is 750.